The SMILES string of the molecule is COc1cc2c(=O)oc3c(C)c(O)cc(C)c3c2cc1C. The topological polar surface area (TPSA) is 59.7 Å². The second-order valence-corrected chi connectivity index (χ2v) is 5.30. The molecular weight excluding hydrogens is 268 g/mol. The van der Waals surface area contributed by atoms with E-state index in [4.69, 9.17) is 9.15 Å². The summed E-state index contributed by atoms with van der Waals surface area (Å²) >= 11 is 0. The third kappa shape index (κ3) is 1.87. The Balaban J connectivity index is 2.63. The molecule has 4 nitrogen and oxygen atoms in total. The number of hydrogen-bond acceptors (Lipinski definition) is 4. The Labute approximate surface area is 121 Å². The van der Waals surface area contributed by atoms with Crippen LogP contribution in [-0.2, 0) is 0 Å². The number of aryl methyl sites for hydroxylation is 3. The second kappa shape index (κ2) is 4.52. The minimum atomic E-state index is -0.427. The summed E-state index contributed by atoms with van der Waals surface area (Å²) in [6, 6.07) is 5.32. The van der Waals surface area contributed by atoms with Crippen molar-refractivity contribution in [3.8, 4) is 11.5 Å². The number of benzene rings is 2. The number of hydrogen-bond donors (Lipinski definition) is 1. The molecule has 1 heterocycles. The minimum Gasteiger partial charge on any atom is -0.508 e. The van der Waals surface area contributed by atoms with Crippen LogP contribution in [0.5, 0.6) is 11.5 Å². The van der Waals surface area contributed by atoms with Gasteiger partial charge in [0, 0.05) is 16.3 Å². The van der Waals surface area contributed by atoms with Crippen LogP contribution in [0.4, 0.5) is 0 Å². The van der Waals surface area contributed by atoms with Gasteiger partial charge in [-0.3, -0.25) is 0 Å². The van der Waals surface area contributed by atoms with Crippen LogP contribution >= 0.6 is 0 Å². The van der Waals surface area contributed by atoms with Gasteiger partial charge in [0.15, 0.2) is 0 Å². The molecule has 0 aliphatic carbocycles. The van der Waals surface area contributed by atoms with E-state index in [1.54, 1.807) is 26.2 Å². The molecule has 3 rings (SSSR count). The van der Waals surface area contributed by atoms with Crippen LogP contribution in [0.3, 0.4) is 0 Å². The van der Waals surface area contributed by atoms with Gasteiger partial charge < -0.3 is 14.3 Å². The molecule has 0 saturated heterocycles. The third-order valence-corrected chi connectivity index (χ3v) is 3.92. The Hall–Kier alpha value is -2.49. The summed E-state index contributed by atoms with van der Waals surface area (Å²) in [7, 11) is 1.57. The normalized spacial score (nSPS) is 11.2. The third-order valence-electron chi connectivity index (χ3n) is 3.92. The molecule has 0 spiro atoms. The van der Waals surface area contributed by atoms with E-state index in [-0.39, 0.29) is 5.75 Å². The van der Waals surface area contributed by atoms with Crippen LogP contribution in [0, 0.1) is 20.8 Å². The monoisotopic (exact) mass is 284 g/mol. The summed E-state index contributed by atoms with van der Waals surface area (Å²) in [4.78, 5) is 12.2. The Bertz CT molecular complexity index is 935. The number of fused-ring (bicyclic) bond motifs is 3. The fourth-order valence-corrected chi connectivity index (χ4v) is 2.76. The van der Waals surface area contributed by atoms with Gasteiger partial charge in [0.05, 0.1) is 12.5 Å². The fraction of sp³-hybridized carbons (Fsp3) is 0.235. The molecule has 0 amide bonds. The molecule has 4 heteroatoms. The molecule has 108 valence electrons. The number of rotatable bonds is 1. The Morgan fingerprint density at radius 2 is 1.76 bits per heavy atom. The maximum atomic E-state index is 12.2. The number of phenols is 1. The van der Waals surface area contributed by atoms with Crippen LogP contribution in [-0.4, -0.2) is 12.2 Å². The molecule has 0 saturated carbocycles. The highest BCUT2D eigenvalue weighted by Gasteiger charge is 2.16. The molecule has 0 unspecified atom stereocenters. The highest BCUT2D eigenvalue weighted by atomic mass is 16.5. The first-order valence-corrected chi connectivity index (χ1v) is 6.68. The van der Waals surface area contributed by atoms with Gasteiger partial charge in [-0.25, -0.2) is 4.79 Å². The lowest BCUT2D eigenvalue weighted by Crippen LogP contribution is -2.03. The van der Waals surface area contributed by atoms with Crippen molar-refractivity contribution in [3.05, 3.63) is 45.3 Å². The van der Waals surface area contributed by atoms with Gasteiger partial charge in [-0.05, 0) is 50.1 Å². The van der Waals surface area contributed by atoms with Crippen LogP contribution in [0.15, 0.2) is 27.4 Å². The number of ether oxygens (including phenoxy) is 1. The van der Waals surface area contributed by atoms with E-state index in [1.165, 1.54) is 0 Å². The molecule has 3 aromatic rings. The van der Waals surface area contributed by atoms with E-state index in [9.17, 15) is 9.90 Å². The van der Waals surface area contributed by atoms with Crippen LogP contribution < -0.4 is 10.4 Å². The van der Waals surface area contributed by atoms with Gasteiger partial charge in [-0.2, -0.15) is 0 Å². The van der Waals surface area contributed by atoms with Crippen molar-refractivity contribution in [2.75, 3.05) is 7.11 Å². The highest BCUT2D eigenvalue weighted by molar-refractivity contribution is 6.08. The van der Waals surface area contributed by atoms with E-state index in [2.05, 4.69) is 0 Å². The Morgan fingerprint density at radius 3 is 2.43 bits per heavy atom. The minimum absolute atomic E-state index is 0.132. The number of phenolic OH excluding ortho intramolecular Hbond substituents is 1. The van der Waals surface area contributed by atoms with Crippen molar-refractivity contribution in [2.45, 2.75) is 20.8 Å². The Kier molecular flexibility index (Phi) is 2.90. The summed E-state index contributed by atoms with van der Waals surface area (Å²) in [5.41, 5.74) is 2.40. The van der Waals surface area contributed by atoms with E-state index in [1.807, 2.05) is 19.9 Å². The summed E-state index contributed by atoms with van der Waals surface area (Å²) in [5, 5.41) is 12.1. The summed E-state index contributed by atoms with van der Waals surface area (Å²) < 4.78 is 10.7. The summed E-state index contributed by atoms with van der Waals surface area (Å²) in [6.07, 6.45) is 0. The first kappa shape index (κ1) is 13.5. The molecule has 0 atom stereocenters. The van der Waals surface area contributed by atoms with E-state index in [0.717, 1.165) is 21.9 Å². The van der Waals surface area contributed by atoms with E-state index >= 15 is 0 Å². The zero-order valence-corrected chi connectivity index (χ0v) is 12.4. The molecule has 1 N–H and O–H groups in total. The van der Waals surface area contributed by atoms with Gasteiger partial charge in [0.2, 0.25) is 0 Å². The molecule has 2 aromatic carbocycles. The average molecular weight is 284 g/mol. The van der Waals surface area contributed by atoms with Crippen LogP contribution in [0.25, 0.3) is 21.7 Å². The van der Waals surface area contributed by atoms with Gasteiger partial charge in [0.1, 0.15) is 17.1 Å². The smallest absolute Gasteiger partial charge is 0.344 e. The lowest BCUT2D eigenvalue weighted by Gasteiger charge is -2.12. The van der Waals surface area contributed by atoms with Crippen molar-refractivity contribution in [1.29, 1.82) is 0 Å². The van der Waals surface area contributed by atoms with Crippen molar-refractivity contribution in [3.63, 3.8) is 0 Å². The molecule has 0 radical (unpaired) electrons. The fourth-order valence-electron chi connectivity index (χ4n) is 2.76. The van der Waals surface area contributed by atoms with E-state index in [0.29, 0.717) is 22.3 Å². The second-order valence-electron chi connectivity index (χ2n) is 5.30. The van der Waals surface area contributed by atoms with Gasteiger partial charge in [-0.1, -0.05) is 0 Å². The molecule has 0 bridgehead atoms. The quantitative estimate of drug-likeness (QED) is 0.548. The predicted molar refractivity (Wildman–Crippen MR) is 82.4 cm³/mol. The summed E-state index contributed by atoms with van der Waals surface area (Å²) in [6.45, 7) is 5.56. The van der Waals surface area contributed by atoms with Crippen molar-refractivity contribution in [1.82, 2.24) is 0 Å². The number of methoxy groups -OCH3 is 1. The van der Waals surface area contributed by atoms with Crippen LogP contribution in [0.1, 0.15) is 16.7 Å². The maximum absolute atomic E-state index is 12.2. The molecule has 0 aliphatic rings. The van der Waals surface area contributed by atoms with Crippen molar-refractivity contribution < 1.29 is 14.3 Å². The predicted octanol–water partition coefficient (Wildman–Crippen LogP) is 3.59. The van der Waals surface area contributed by atoms with Crippen molar-refractivity contribution in [2.24, 2.45) is 0 Å². The van der Waals surface area contributed by atoms with Crippen molar-refractivity contribution >= 4 is 21.7 Å². The van der Waals surface area contributed by atoms with E-state index < -0.39 is 5.63 Å². The highest BCUT2D eigenvalue weighted by Crippen LogP contribution is 2.35. The summed E-state index contributed by atoms with van der Waals surface area (Å²) in [5.74, 6) is 0.787. The zero-order chi connectivity index (χ0) is 15.3. The largest absolute Gasteiger partial charge is 0.508 e. The zero-order valence-electron chi connectivity index (χ0n) is 12.4. The molecule has 0 fully saturated rings. The van der Waals surface area contributed by atoms with Gasteiger partial charge in [-0.15, -0.1) is 0 Å². The maximum Gasteiger partial charge on any atom is 0.344 e. The lowest BCUT2D eigenvalue weighted by molar-refractivity contribution is 0.412. The molecule has 0 aliphatic heterocycles. The molecular formula is C17H16O4. The van der Waals surface area contributed by atoms with Gasteiger partial charge in [0.25, 0.3) is 0 Å². The first-order valence-electron chi connectivity index (χ1n) is 6.68. The average Bonchev–Trinajstić information content (AvgIpc) is 2.44. The number of aromatic hydroxyl groups is 1. The standard InChI is InChI=1S/C17H16O4/c1-8-5-11-12(7-14(8)20-4)17(19)21-16-10(3)13(18)6-9(2)15(11)16/h5-7,18H,1-4H3. The molecule has 21 heavy (non-hydrogen) atoms. The Morgan fingerprint density at radius 1 is 1.05 bits per heavy atom. The molecule has 1 aromatic heterocycles. The first-order chi connectivity index (χ1) is 9.93. The van der Waals surface area contributed by atoms with Crippen LogP contribution in [0.2, 0.25) is 0 Å². The lowest BCUT2D eigenvalue weighted by atomic mass is 9.98. The van der Waals surface area contributed by atoms with Gasteiger partial charge >= 0.3 is 5.63 Å².